The summed E-state index contributed by atoms with van der Waals surface area (Å²) >= 11 is 5.76. The molecule has 2 N–H and O–H groups in total. The van der Waals surface area contributed by atoms with Crippen LogP contribution in [-0.2, 0) is 0 Å². The highest BCUT2D eigenvalue weighted by Gasteiger charge is 2.19. The van der Waals surface area contributed by atoms with Crippen LogP contribution in [0.4, 0.5) is 5.69 Å². The van der Waals surface area contributed by atoms with E-state index in [1.54, 1.807) is 42.5 Å². The normalized spacial score (nSPS) is 10.6. The molecular weight excluding hydrogens is 306 g/mol. The first kappa shape index (κ1) is 14.1. The van der Waals surface area contributed by atoms with Crippen molar-refractivity contribution >= 4 is 28.8 Å². The van der Waals surface area contributed by atoms with E-state index in [0.29, 0.717) is 10.7 Å². The Morgan fingerprint density at radius 1 is 1.18 bits per heavy atom. The first-order valence-electron chi connectivity index (χ1n) is 6.33. The molecule has 7 heteroatoms. The van der Waals surface area contributed by atoms with E-state index in [1.807, 2.05) is 0 Å². The number of fused-ring (bicyclic) bond motifs is 1. The van der Waals surface area contributed by atoms with Crippen molar-refractivity contribution in [3.8, 4) is 5.88 Å². The fraction of sp³-hybridized carbons (Fsp3) is 0. The zero-order chi connectivity index (χ0) is 15.7. The molecule has 0 aliphatic rings. The third kappa shape index (κ3) is 2.51. The van der Waals surface area contributed by atoms with Crippen molar-refractivity contribution < 1.29 is 9.90 Å². The maximum atomic E-state index is 12.3. The molecule has 1 aromatic carbocycles. The van der Waals surface area contributed by atoms with Gasteiger partial charge in [-0.15, -0.1) is 0 Å². The number of pyridine rings is 1. The highest BCUT2D eigenvalue weighted by atomic mass is 35.5. The summed E-state index contributed by atoms with van der Waals surface area (Å²) in [6, 6.07) is 11.2. The second-order valence-corrected chi connectivity index (χ2v) is 4.94. The minimum Gasteiger partial charge on any atom is -0.493 e. The van der Waals surface area contributed by atoms with E-state index in [2.05, 4.69) is 10.3 Å². The summed E-state index contributed by atoms with van der Waals surface area (Å²) < 4.78 is 1.19. The molecule has 0 aliphatic carbocycles. The first-order chi connectivity index (χ1) is 10.6. The highest BCUT2D eigenvalue weighted by Crippen LogP contribution is 2.16. The van der Waals surface area contributed by atoms with Crippen molar-refractivity contribution in [2.24, 2.45) is 0 Å². The molecule has 110 valence electrons. The summed E-state index contributed by atoms with van der Waals surface area (Å²) in [6.07, 6.45) is 1.48. The van der Waals surface area contributed by atoms with Gasteiger partial charge in [-0.3, -0.25) is 14.0 Å². The molecule has 1 amide bonds. The summed E-state index contributed by atoms with van der Waals surface area (Å²) in [5.74, 6) is -1.35. The maximum absolute atomic E-state index is 12.3. The van der Waals surface area contributed by atoms with Gasteiger partial charge in [0, 0.05) is 16.9 Å². The van der Waals surface area contributed by atoms with Gasteiger partial charge < -0.3 is 10.4 Å². The number of rotatable bonds is 2. The second-order valence-electron chi connectivity index (χ2n) is 4.51. The number of anilines is 1. The van der Waals surface area contributed by atoms with E-state index in [-0.39, 0.29) is 5.65 Å². The van der Waals surface area contributed by atoms with E-state index in [9.17, 15) is 14.7 Å². The van der Waals surface area contributed by atoms with Gasteiger partial charge >= 0.3 is 0 Å². The van der Waals surface area contributed by atoms with Gasteiger partial charge in [0.15, 0.2) is 5.56 Å². The molecule has 0 spiro atoms. The molecule has 0 radical (unpaired) electrons. The van der Waals surface area contributed by atoms with Crippen LogP contribution in [0.2, 0.25) is 5.02 Å². The Bertz CT molecular complexity index is 919. The lowest BCUT2D eigenvalue weighted by molar-refractivity contribution is 0.102. The number of aromatic nitrogens is 2. The predicted octanol–water partition coefficient (Wildman–Crippen LogP) is 2.31. The Kier molecular flexibility index (Phi) is 3.52. The van der Waals surface area contributed by atoms with Crippen molar-refractivity contribution in [1.82, 2.24) is 9.38 Å². The fourth-order valence-corrected chi connectivity index (χ4v) is 2.13. The molecule has 2 aromatic heterocycles. The van der Waals surface area contributed by atoms with Crippen LogP contribution in [0.15, 0.2) is 53.5 Å². The predicted molar refractivity (Wildman–Crippen MR) is 82.5 cm³/mol. The van der Waals surface area contributed by atoms with Crippen LogP contribution < -0.4 is 10.9 Å². The van der Waals surface area contributed by atoms with E-state index in [4.69, 9.17) is 11.6 Å². The van der Waals surface area contributed by atoms with E-state index < -0.39 is 22.9 Å². The molecule has 2 heterocycles. The molecule has 3 aromatic rings. The number of hydrogen-bond acceptors (Lipinski definition) is 4. The lowest BCUT2D eigenvalue weighted by atomic mass is 10.2. The molecule has 3 rings (SSSR count). The van der Waals surface area contributed by atoms with Gasteiger partial charge in [0.2, 0.25) is 5.88 Å². The van der Waals surface area contributed by atoms with Gasteiger partial charge in [-0.1, -0.05) is 17.7 Å². The van der Waals surface area contributed by atoms with Crippen LogP contribution in [0.1, 0.15) is 10.4 Å². The summed E-state index contributed by atoms with van der Waals surface area (Å²) in [5, 5.41) is 12.9. The summed E-state index contributed by atoms with van der Waals surface area (Å²) in [5.41, 5.74) is -0.354. The van der Waals surface area contributed by atoms with Gasteiger partial charge in [-0.05, 0) is 36.4 Å². The van der Waals surface area contributed by atoms with Crippen molar-refractivity contribution in [2.75, 3.05) is 5.32 Å². The van der Waals surface area contributed by atoms with Crippen LogP contribution in [0.3, 0.4) is 0 Å². The number of amides is 1. The number of benzene rings is 1. The maximum Gasteiger partial charge on any atom is 0.274 e. The highest BCUT2D eigenvalue weighted by molar-refractivity contribution is 6.30. The quantitative estimate of drug-likeness (QED) is 0.760. The third-order valence-electron chi connectivity index (χ3n) is 3.04. The van der Waals surface area contributed by atoms with E-state index >= 15 is 0 Å². The van der Waals surface area contributed by atoms with Crippen molar-refractivity contribution in [1.29, 1.82) is 0 Å². The van der Waals surface area contributed by atoms with E-state index in [0.717, 1.165) is 0 Å². The van der Waals surface area contributed by atoms with Gasteiger partial charge in [0.05, 0.1) is 0 Å². The van der Waals surface area contributed by atoms with Crippen LogP contribution >= 0.6 is 11.6 Å². The van der Waals surface area contributed by atoms with Crippen LogP contribution in [-0.4, -0.2) is 20.4 Å². The van der Waals surface area contributed by atoms with Crippen LogP contribution in [0.25, 0.3) is 5.65 Å². The minimum absolute atomic E-state index is 0.257. The molecular formula is C15H10ClN3O3. The third-order valence-corrected chi connectivity index (χ3v) is 3.30. The van der Waals surface area contributed by atoms with Gasteiger partial charge in [0.1, 0.15) is 5.65 Å². The molecule has 6 nitrogen and oxygen atoms in total. The van der Waals surface area contributed by atoms with Gasteiger partial charge in [0.25, 0.3) is 11.5 Å². The van der Waals surface area contributed by atoms with Crippen LogP contribution in [0.5, 0.6) is 5.88 Å². The smallest absolute Gasteiger partial charge is 0.274 e. The van der Waals surface area contributed by atoms with Gasteiger partial charge in [-0.25, -0.2) is 0 Å². The summed E-state index contributed by atoms with van der Waals surface area (Å²) in [4.78, 5) is 28.4. The number of carbonyl (C=O) groups excluding carboxylic acids is 1. The Balaban J connectivity index is 2.04. The molecule has 22 heavy (non-hydrogen) atoms. The number of halogens is 1. The number of nitrogens with zero attached hydrogens (tertiary/aromatic N) is 2. The van der Waals surface area contributed by atoms with Crippen molar-refractivity contribution in [3.63, 3.8) is 0 Å². The lowest BCUT2D eigenvalue weighted by Gasteiger charge is -2.07. The molecule has 0 saturated carbocycles. The lowest BCUT2D eigenvalue weighted by Crippen LogP contribution is -2.27. The summed E-state index contributed by atoms with van der Waals surface area (Å²) in [6.45, 7) is 0. The number of hydrogen-bond donors (Lipinski definition) is 2. The average Bonchev–Trinajstić information content (AvgIpc) is 2.49. The SMILES string of the molecule is O=C(Nc1ccc(Cl)cc1)c1c(O)nc2ccccn2c1=O. The zero-order valence-electron chi connectivity index (χ0n) is 11.2. The van der Waals surface area contributed by atoms with Crippen molar-refractivity contribution in [3.05, 3.63) is 69.6 Å². The second kappa shape index (κ2) is 5.50. The average molecular weight is 316 g/mol. The molecule has 0 fully saturated rings. The molecule has 0 atom stereocenters. The molecule has 0 aliphatic heterocycles. The topological polar surface area (TPSA) is 83.7 Å². The van der Waals surface area contributed by atoms with E-state index in [1.165, 1.54) is 10.6 Å². The van der Waals surface area contributed by atoms with Crippen LogP contribution in [0, 0.1) is 0 Å². The zero-order valence-corrected chi connectivity index (χ0v) is 11.9. The first-order valence-corrected chi connectivity index (χ1v) is 6.71. The van der Waals surface area contributed by atoms with Gasteiger partial charge in [-0.2, -0.15) is 4.98 Å². The minimum atomic E-state index is -0.740. The summed E-state index contributed by atoms with van der Waals surface area (Å²) in [7, 11) is 0. The molecule has 0 bridgehead atoms. The number of nitrogens with one attached hydrogen (secondary N) is 1. The standard InChI is InChI=1S/C15H10ClN3O3/c16-9-4-6-10(7-5-9)17-13(20)12-14(21)18-11-3-1-2-8-19(11)15(12)22/h1-8,21H,(H,17,20). The monoisotopic (exact) mass is 315 g/mol. The molecule has 0 unspecified atom stereocenters. The Labute approximate surface area is 129 Å². The van der Waals surface area contributed by atoms with Crippen molar-refractivity contribution in [2.45, 2.75) is 0 Å². The fourth-order valence-electron chi connectivity index (χ4n) is 2.00. The number of aromatic hydroxyl groups is 1. The molecule has 0 saturated heterocycles. The largest absolute Gasteiger partial charge is 0.493 e. The Hall–Kier alpha value is -2.86. The Morgan fingerprint density at radius 2 is 1.91 bits per heavy atom. The number of carbonyl (C=O) groups is 1. The Morgan fingerprint density at radius 3 is 2.64 bits per heavy atom.